The first-order valence-electron chi connectivity index (χ1n) is 7.45. The van der Waals surface area contributed by atoms with Gasteiger partial charge in [-0.3, -0.25) is 0 Å². The number of ether oxygens (including phenoxy) is 2. The topological polar surface area (TPSA) is 73.3 Å². The van der Waals surface area contributed by atoms with E-state index >= 15 is 0 Å². The van der Waals surface area contributed by atoms with E-state index in [1.54, 1.807) is 6.07 Å². The van der Waals surface area contributed by atoms with Crippen molar-refractivity contribution in [2.75, 3.05) is 0 Å². The highest BCUT2D eigenvalue weighted by Gasteiger charge is 2.25. The Morgan fingerprint density at radius 3 is 2.55 bits per heavy atom. The molecule has 22 heavy (non-hydrogen) atoms. The summed E-state index contributed by atoms with van der Waals surface area (Å²) in [6.45, 7) is 5.55. The van der Waals surface area contributed by atoms with Gasteiger partial charge < -0.3 is 14.8 Å². The second-order valence-corrected chi connectivity index (χ2v) is 6.80. The molecule has 6 nitrogen and oxygen atoms in total. The molecule has 0 bridgehead atoms. The summed E-state index contributed by atoms with van der Waals surface area (Å²) in [4.78, 5) is 19.6. The molecule has 1 aromatic heterocycles. The van der Waals surface area contributed by atoms with Crippen LogP contribution >= 0.6 is 11.6 Å². The smallest absolute Gasteiger partial charge is 0.407 e. The molecule has 0 aliphatic heterocycles. The van der Waals surface area contributed by atoms with Crippen molar-refractivity contribution in [1.29, 1.82) is 0 Å². The minimum absolute atomic E-state index is 0.0858. The van der Waals surface area contributed by atoms with Crippen molar-refractivity contribution in [2.45, 2.75) is 64.2 Å². The maximum Gasteiger partial charge on any atom is 0.407 e. The van der Waals surface area contributed by atoms with E-state index in [4.69, 9.17) is 21.1 Å². The summed E-state index contributed by atoms with van der Waals surface area (Å²) in [5.74, 6) is 0.489. The van der Waals surface area contributed by atoms with Crippen molar-refractivity contribution in [1.82, 2.24) is 15.3 Å². The Bertz CT molecular complexity index is 511. The molecule has 1 heterocycles. The van der Waals surface area contributed by atoms with Gasteiger partial charge in [-0.2, -0.15) is 0 Å². The standard InChI is InChI=1S/C15H22ClN3O3/c1-15(2,3)22-14(20)19-10-4-6-11(7-5-10)21-13-8-12(16)17-9-18-13/h8-11H,4-7H2,1-3H3,(H,19,20). The third-order valence-electron chi connectivity index (χ3n) is 3.29. The zero-order chi connectivity index (χ0) is 16.2. The zero-order valence-corrected chi connectivity index (χ0v) is 13.9. The molecule has 1 aliphatic carbocycles. The lowest BCUT2D eigenvalue weighted by Gasteiger charge is -2.30. The van der Waals surface area contributed by atoms with Gasteiger partial charge in [-0.1, -0.05) is 11.6 Å². The van der Waals surface area contributed by atoms with Crippen LogP contribution in [0.1, 0.15) is 46.5 Å². The molecule has 1 saturated carbocycles. The number of aromatic nitrogens is 2. The molecule has 0 atom stereocenters. The SMILES string of the molecule is CC(C)(C)OC(=O)NC1CCC(Oc2cc(Cl)ncn2)CC1. The third-order valence-corrected chi connectivity index (χ3v) is 3.50. The maximum atomic E-state index is 11.7. The molecule has 1 fully saturated rings. The van der Waals surface area contributed by atoms with Crippen molar-refractivity contribution in [2.24, 2.45) is 0 Å². The number of carbonyl (C=O) groups excluding carboxylic acids is 1. The van der Waals surface area contributed by atoms with Gasteiger partial charge in [0.2, 0.25) is 5.88 Å². The Hall–Kier alpha value is -1.56. The number of alkyl carbamates (subject to hydrolysis) is 1. The highest BCUT2D eigenvalue weighted by atomic mass is 35.5. The van der Waals surface area contributed by atoms with Crippen molar-refractivity contribution in [3.05, 3.63) is 17.5 Å². The summed E-state index contributed by atoms with van der Waals surface area (Å²) in [7, 11) is 0. The Balaban J connectivity index is 1.75. The summed E-state index contributed by atoms with van der Waals surface area (Å²) in [6.07, 6.45) is 4.50. The van der Waals surface area contributed by atoms with E-state index in [0.717, 1.165) is 25.7 Å². The molecular formula is C15H22ClN3O3. The molecule has 0 radical (unpaired) electrons. The number of nitrogens with zero attached hydrogens (tertiary/aromatic N) is 2. The number of hydrogen-bond acceptors (Lipinski definition) is 5. The second-order valence-electron chi connectivity index (χ2n) is 6.42. The fraction of sp³-hybridized carbons (Fsp3) is 0.667. The van der Waals surface area contributed by atoms with Crippen molar-refractivity contribution in [3.63, 3.8) is 0 Å². The average molecular weight is 328 g/mol. The molecule has 0 aromatic carbocycles. The largest absolute Gasteiger partial charge is 0.474 e. The molecule has 7 heteroatoms. The number of rotatable bonds is 3. The first kappa shape index (κ1) is 16.8. The molecule has 1 aromatic rings. The van der Waals surface area contributed by atoms with E-state index in [-0.39, 0.29) is 18.2 Å². The lowest BCUT2D eigenvalue weighted by molar-refractivity contribution is 0.0469. The van der Waals surface area contributed by atoms with E-state index < -0.39 is 5.60 Å². The van der Waals surface area contributed by atoms with Crippen LogP contribution in [0, 0.1) is 0 Å². The van der Waals surface area contributed by atoms with Gasteiger partial charge in [-0.25, -0.2) is 14.8 Å². The second kappa shape index (κ2) is 7.13. The Labute approximate surface area is 135 Å². The molecular weight excluding hydrogens is 306 g/mol. The van der Waals surface area contributed by atoms with Gasteiger partial charge in [0.25, 0.3) is 0 Å². The highest BCUT2D eigenvalue weighted by Crippen LogP contribution is 2.24. The molecule has 0 unspecified atom stereocenters. The van der Waals surface area contributed by atoms with Crippen LogP contribution in [0.4, 0.5) is 4.79 Å². The van der Waals surface area contributed by atoms with Crippen LogP contribution in [0.25, 0.3) is 0 Å². The first-order valence-corrected chi connectivity index (χ1v) is 7.83. The van der Waals surface area contributed by atoms with Crippen molar-refractivity contribution >= 4 is 17.7 Å². The summed E-state index contributed by atoms with van der Waals surface area (Å²) < 4.78 is 11.1. The Morgan fingerprint density at radius 1 is 1.27 bits per heavy atom. The number of halogens is 1. The molecule has 122 valence electrons. The Morgan fingerprint density at radius 2 is 1.95 bits per heavy atom. The van der Waals surface area contributed by atoms with E-state index in [0.29, 0.717) is 11.0 Å². The van der Waals surface area contributed by atoms with Gasteiger partial charge in [-0.05, 0) is 46.5 Å². The van der Waals surface area contributed by atoms with Gasteiger partial charge in [-0.15, -0.1) is 0 Å². The monoisotopic (exact) mass is 327 g/mol. The van der Waals surface area contributed by atoms with E-state index in [2.05, 4.69) is 15.3 Å². The van der Waals surface area contributed by atoms with Crippen LogP contribution in [0.3, 0.4) is 0 Å². The predicted octanol–water partition coefficient (Wildman–Crippen LogP) is 3.34. The average Bonchev–Trinajstić information content (AvgIpc) is 2.39. The van der Waals surface area contributed by atoms with Crippen LogP contribution in [-0.4, -0.2) is 33.8 Å². The molecule has 0 saturated heterocycles. The number of amides is 1. The van der Waals surface area contributed by atoms with Crippen LogP contribution in [-0.2, 0) is 4.74 Å². The van der Waals surface area contributed by atoms with E-state index in [1.807, 2.05) is 20.8 Å². The number of hydrogen-bond donors (Lipinski definition) is 1. The lowest BCUT2D eigenvalue weighted by Crippen LogP contribution is -2.42. The summed E-state index contributed by atoms with van der Waals surface area (Å²) >= 11 is 5.80. The summed E-state index contributed by atoms with van der Waals surface area (Å²) in [5, 5.41) is 3.27. The van der Waals surface area contributed by atoms with E-state index in [9.17, 15) is 4.79 Å². The van der Waals surface area contributed by atoms with Crippen LogP contribution < -0.4 is 10.1 Å². The van der Waals surface area contributed by atoms with Crippen molar-refractivity contribution < 1.29 is 14.3 Å². The first-order chi connectivity index (χ1) is 10.3. The fourth-order valence-corrected chi connectivity index (χ4v) is 2.49. The van der Waals surface area contributed by atoms with Gasteiger partial charge >= 0.3 is 6.09 Å². The summed E-state index contributed by atoms with van der Waals surface area (Å²) in [6, 6.07) is 1.73. The molecule has 1 aliphatic rings. The number of nitrogens with one attached hydrogen (secondary N) is 1. The Kier molecular flexibility index (Phi) is 5.45. The van der Waals surface area contributed by atoms with Crippen LogP contribution in [0.5, 0.6) is 5.88 Å². The van der Waals surface area contributed by atoms with Crippen LogP contribution in [0.15, 0.2) is 12.4 Å². The molecule has 1 amide bonds. The maximum absolute atomic E-state index is 11.7. The van der Waals surface area contributed by atoms with Gasteiger partial charge in [0, 0.05) is 12.1 Å². The van der Waals surface area contributed by atoms with Crippen LogP contribution in [0.2, 0.25) is 5.15 Å². The minimum atomic E-state index is -0.476. The van der Waals surface area contributed by atoms with E-state index in [1.165, 1.54) is 6.33 Å². The molecule has 0 spiro atoms. The summed E-state index contributed by atoms with van der Waals surface area (Å²) in [5.41, 5.74) is -0.476. The van der Waals surface area contributed by atoms with Gasteiger partial charge in [0.15, 0.2) is 0 Å². The number of carbonyl (C=O) groups is 1. The molecule has 2 rings (SSSR count). The third kappa shape index (κ3) is 5.67. The van der Waals surface area contributed by atoms with Gasteiger partial charge in [0.1, 0.15) is 23.2 Å². The highest BCUT2D eigenvalue weighted by molar-refractivity contribution is 6.29. The predicted molar refractivity (Wildman–Crippen MR) is 83.1 cm³/mol. The quantitative estimate of drug-likeness (QED) is 0.862. The fourth-order valence-electron chi connectivity index (χ4n) is 2.35. The molecule has 1 N–H and O–H groups in total. The minimum Gasteiger partial charge on any atom is -0.474 e. The lowest BCUT2D eigenvalue weighted by atomic mass is 9.93. The van der Waals surface area contributed by atoms with Crippen molar-refractivity contribution in [3.8, 4) is 5.88 Å². The zero-order valence-electron chi connectivity index (χ0n) is 13.1. The normalized spacial score (nSPS) is 22.0. The van der Waals surface area contributed by atoms with Gasteiger partial charge in [0.05, 0.1) is 0 Å².